The van der Waals surface area contributed by atoms with Crippen molar-refractivity contribution in [1.29, 1.82) is 0 Å². The van der Waals surface area contributed by atoms with Crippen LogP contribution in [0.4, 0.5) is 0 Å². The van der Waals surface area contributed by atoms with Gasteiger partial charge in [-0.1, -0.05) is 18.2 Å². The third kappa shape index (κ3) is 5.25. The number of ether oxygens (including phenoxy) is 2. The molecule has 0 aliphatic heterocycles. The fourth-order valence-electron chi connectivity index (χ4n) is 3.16. The first-order valence-electron chi connectivity index (χ1n) is 9.37. The average molecular weight is 353 g/mol. The molecule has 0 unspecified atom stereocenters. The van der Waals surface area contributed by atoms with Gasteiger partial charge in [-0.15, -0.1) is 0 Å². The summed E-state index contributed by atoms with van der Waals surface area (Å²) in [4.78, 5) is 12.0. The Bertz CT molecular complexity index is 738. The quantitative estimate of drug-likeness (QED) is 0.817. The lowest BCUT2D eigenvalue weighted by Crippen LogP contribution is -2.28. The van der Waals surface area contributed by atoms with E-state index in [1.54, 1.807) is 0 Å². The number of benzene rings is 2. The molecule has 1 aliphatic rings. The van der Waals surface area contributed by atoms with Crippen molar-refractivity contribution in [2.24, 2.45) is 0 Å². The minimum atomic E-state index is -0.120. The molecular formula is C22H27NO3. The van der Waals surface area contributed by atoms with Crippen molar-refractivity contribution in [1.82, 2.24) is 5.32 Å². The van der Waals surface area contributed by atoms with Gasteiger partial charge in [-0.3, -0.25) is 4.79 Å². The van der Waals surface area contributed by atoms with Crippen LogP contribution in [0.2, 0.25) is 0 Å². The molecule has 3 rings (SSSR count). The molecule has 4 heteroatoms. The van der Waals surface area contributed by atoms with Gasteiger partial charge in [-0.25, -0.2) is 0 Å². The topological polar surface area (TPSA) is 47.6 Å². The van der Waals surface area contributed by atoms with Gasteiger partial charge >= 0.3 is 0 Å². The van der Waals surface area contributed by atoms with Crippen molar-refractivity contribution in [2.45, 2.75) is 52.2 Å². The smallest absolute Gasteiger partial charge is 0.258 e. The van der Waals surface area contributed by atoms with E-state index >= 15 is 0 Å². The van der Waals surface area contributed by atoms with Crippen LogP contribution in [0.25, 0.3) is 0 Å². The van der Waals surface area contributed by atoms with Crippen molar-refractivity contribution in [3.8, 4) is 11.5 Å². The largest absolute Gasteiger partial charge is 0.491 e. The van der Waals surface area contributed by atoms with Crippen molar-refractivity contribution >= 4 is 5.91 Å². The third-order valence-corrected chi connectivity index (χ3v) is 4.47. The molecule has 0 saturated carbocycles. The SMILES string of the molecule is CC(C)Oc1ccc(CNC(=O)COc2ccc3c(c2)CCCC3)cc1. The molecule has 4 nitrogen and oxygen atoms in total. The van der Waals surface area contributed by atoms with Gasteiger partial charge in [0, 0.05) is 6.54 Å². The van der Waals surface area contributed by atoms with E-state index in [1.807, 2.05) is 44.2 Å². The van der Waals surface area contributed by atoms with E-state index in [1.165, 1.54) is 24.0 Å². The second-order valence-corrected chi connectivity index (χ2v) is 7.01. The monoisotopic (exact) mass is 353 g/mol. The first kappa shape index (κ1) is 18.3. The first-order chi connectivity index (χ1) is 12.6. The van der Waals surface area contributed by atoms with Crippen LogP contribution in [-0.4, -0.2) is 18.6 Å². The molecule has 2 aromatic carbocycles. The number of nitrogens with one attached hydrogen (secondary N) is 1. The van der Waals surface area contributed by atoms with Crippen molar-refractivity contribution in [3.05, 3.63) is 59.2 Å². The molecule has 0 atom stereocenters. The second-order valence-electron chi connectivity index (χ2n) is 7.01. The van der Waals surface area contributed by atoms with Crippen molar-refractivity contribution in [3.63, 3.8) is 0 Å². The van der Waals surface area contributed by atoms with Crippen LogP contribution in [0.5, 0.6) is 11.5 Å². The highest BCUT2D eigenvalue weighted by Crippen LogP contribution is 2.25. The summed E-state index contributed by atoms with van der Waals surface area (Å²) in [5.41, 5.74) is 3.80. The zero-order chi connectivity index (χ0) is 18.4. The van der Waals surface area contributed by atoms with E-state index in [0.717, 1.165) is 29.9 Å². The summed E-state index contributed by atoms with van der Waals surface area (Å²) in [5.74, 6) is 1.49. The molecule has 0 spiro atoms. The highest BCUT2D eigenvalue weighted by molar-refractivity contribution is 5.77. The molecule has 0 aromatic heterocycles. The maximum atomic E-state index is 12.0. The van der Waals surface area contributed by atoms with E-state index < -0.39 is 0 Å². The van der Waals surface area contributed by atoms with Gasteiger partial charge in [0.2, 0.25) is 0 Å². The van der Waals surface area contributed by atoms with Gasteiger partial charge in [-0.05, 0) is 80.5 Å². The number of amides is 1. The number of hydrogen-bond donors (Lipinski definition) is 1. The maximum absolute atomic E-state index is 12.0. The van der Waals surface area contributed by atoms with Crippen LogP contribution in [0.1, 0.15) is 43.4 Å². The van der Waals surface area contributed by atoms with Crippen LogP contribution in [-0.2, 0) is 24.2 Å². The van der Waals surface area contributed by atoms with E-state index in [0.29, 0.717) is 6.54 Å². The van der Waals surface area contributed by atoms with Crippen LogP contribution in [0, 0.1) is 0 Å². The molecule has 1 amide bonds. The lowest BCUT2D eigenvalue weighted by atomic mass is 9.92. The Balaban J connectivity index is 1.44. The summed E-state index contributed by atoms with van der Waals surface area (Å²) < 4.78 is 11.3. The predicted octanol–water partition coefficient (Wildman–Crippen LogP) is 4.05. The van der Waals surface area contributed by atoms with Gasteiger partial charge < -0.3 is 14.8 Å². The first-order valence-corrected chi connectivity index (χ1v) is 9.37. The molecular weight excluding hydrogens is 326 g/mol. The van der Waals surface area contributed by atoms with Crippen molar-refractivity contribution in [2.75, 3.05) is 6.61 Å². The van der Waals surface area contributed by atoms with Crippen LogP contribution in [0.3, 0.4) is 0 Å². The highest BCUT2D eigenvalue weighted by Gasteiger charge is 2.10. The Hall–Kier alpha value is -2.49. The molecule has 0 fully saturated rings. The van der Waals surface area contributed by atoms with Gasteiger partial charge in [0.1, 0.15) is 11.5 Å². The van der Waals surface area contributed by atoms with Crippen LogP contribution >= 0.6 is 0 Å². The molecule has 26 heavy (non-hydrogen) atoms. The van der Waals surface area contributed by atoms with Gasteiger partial charge in [0.15, 0.2) is 6.61 Å². The van der Waals surface area contributed by atoms with Gasteiger partial charge in [0.05, 0.1) is 6.10 Å². The third-order valence-electron chi connectivity index (χ3n) is 4.47. The second kappa shape index (κ2) is 8.75. The number of aryl methyl sites for hydroxylation is 2. The average Bonchev–Trinajstić information content (AvgIpc) is 2.65. The number of carbonyl (C=O) groups is 1. The summed E-state index contributed by atoms with van der Waals surface area (Å²) in [5, 5.41) is 2.89. The number of carbonyl (C=O) groups excluding carboxylic acids is 1. The van der Waals surface area contributed by atoms with Crippen LogP contribution < -0.4 is 14.8 Å². The molecule has 0 bridgehead atoms. The van der Waals surface area contributed by atoms with Gasteiger partial charge in [0.25, 0.3) is 5.91 Å². The Morgan fingerprint density at radius 2 is 1.69 bits per heavy atom. The number of rotatable bonds is 7. The standard InChI is InChI=1S/C22H27NO3/c1-16(2)26-20-10-7-17(8-11-20)14-23-22(24)15-25-21-12-9-18-5-3-4-6-19(18)13-21/h7-13,16H,3-6,14-15H2,1-2H3,(H,23,24). The van der Waals surface area contributed by atoms with E-state index in [-0.39, 0.29) is 18.6 Å². The zero-order valence-electron chi connectivity index (χ0n) is 15.6. The molecule has 0 radical (unpaired) electrons. The van der Waals surface area contributed by atoms with E-state index in [2.05, 4.69) is 17.4 Å². The van der Waals surface area contributed by atoms with E-state index in [4.69, 9.17) is 9.47 Å². The lowest BCUT2D eigenvalue weighted by molar-refractivity contribution is -0.123. The highest BCUT2D eigenvalue weighted by atomic mass is 16.5. The molecule has 0 saturated heterocycles. The molecule has 2 aromatic rings. The van der Waals surface area contributed by atoms with Gasteiger partial charge in [-0.2, -0.15) is 0 Å². The predicted molar refractivity (Wildman–Crippen MR) is 103 cm³/mol. The number of hydrogen-bond acceptors (Lipinski definition) is 3. The van der Waals surface area contributed by atoms with Crippen LogP contribution in [0.15, 0.2) is 42.5 Å². The number of fused-ring (bicyclic) bond motifs is 1. The zero-order valence-corrected chi connectivity index (χ0v) is 15.6. The minimum Gasteiger partial charge on any atom is -0.491 e. The van der Waals surface area contributed by atoms with E-state index in [9.17, 15) is 4.79 Å². The minimum absolute atomic E-state index is 0.0351. The summed E-state index contributed by atoms with van der Waals surface area (Å²) in [6.07, 6.45) is 4.91. The Morgan fingerprint density at radius 1 is 1.00 bits per heavy atom. The summed E-state index contributed by atoms with van der Waals surface area (Å²) >= 11 is 0. The normalized spacial score (nSPS) is 13.2. The molecule has 138 valence electrons. The van der Waals surface area contributed by atoms with Crippen molar-refractivity contribution < 1.29 is 14.3 Å². The molecule has 1 aliphatic carbocycles. The Labute approximate surface area is 155 Å². The summed E-state index contributed by atoms with van der Waals surface area (Å²) in [6, 6.07) is 13.9. The Kier molecular flexibility index (Phi) is 6.16. The summed E-state index contributed by atoms with van der Waals surface area (Å²) in [6.45, 7) is 4.51. The fraction of sp³-hybridized carbons (Fsp3) is 0.409. The molecule has 1 N–H and O–H groups in total. The lowest BCUT2D eigenvalue weighted by Gasteiger charge is -2.16. The fourth-order valence-corrected chi connectivity index (χ4v) is 3.16. The molecule has 0 heterocycles. The summed E-state index contributed by atoms with van der Waals surface area (Å²) in [7, 11) is 0. The Morgan fingerprint density at radius 3 is 2.42 bits per heavy atom. The maximum Gasteiger partial charge on any atom is 0.258 e.